The van der Waals surface area contributed by atoms with Crippen LogP contribution in [0.3, 0.4) is 0 Å². The summed E-state index contributed by atoms with van der Waals surface area (Å²) in [5, 5.41) is 0. The number of benzene rings is 1. The Bertz CT molecular complexity index is 282. The summed E-state index contributed by atoms with van der Waals surface area (Å²) >= 11 is 0. The predicted molar refractivity (Wildman–Crippen MR) is 76.3 cm³/mol. The van der Waals surface area contributed by atoms with E-state index in [4.69, 9.17) is 0 Å². The van der Waals surface area contributed by atoms with Crippen molar-refractivity contribution in [2.75, 3.05) is 0 Å². The summed E-state index contributed by atoms with van der Waals surface area (Å²) in [7, 11) is 0. The highest BCUT2D eigenvalue weighted by molar-refractivity contribution is 5.23. The summed E-state index contributed by atoms with van der Waals surface area (Å²) in [6, 6.07) is 12.0. The number of hydrogen-bond donors (Lipinski definition) is 0. The molecule has 0 aromatic heterocycles. The Morgan fingerprint density at radius 2 is 1.76 bits per heavy atom. The van der Waals surface area contributed by atoms with Crippen molar-refractivity contribution >= 4 is 0 Å². The van der Waals surface area contributed by atoms with Crippen molar-refractivity contribution in [2.24, 2.45) is 0 Å². The second-order valence-electron chi connectivity index (χ2n) is 5.07. The minimum atomic E-state index is 0.370. The summed E-state index contributed by atoms with van der Waals surface area (Å²) in [6.07, 6.45) is 9.22. The third kappa shape index (κ3) is 3.87. The Balaban J connectivity index is 2.68. The molecule has 0 aliphatic carbocycles. The van der Waals surface area contributed by atoms with Gasteiger partial charge in [0.05, 0.1) is 0 Å². The average Bonchev–Trinajstić information content (AvgIpc) is 2.41. The molecule has 0 aliphatic rings. The van der Waals surface area contributed by atoms with Crippen LogP contribution in [0.5, 0.6) is 0 Å². The molecule has 0 bridgehead atoms. The quantitative estimate of drug-likeness (QED) is 0.517. The fraction of sp³-hybridized carbons (Fsp3) is 0.647. The summed E-state index contributed by atoms with van der Waals surface area (Å²) in [5.74, 6) is 0. The molecule has 1 radical (unpaired) electrons. The molecule has 0 fully saturated rings. The van der Waals surface area contributed by atoms with Crippen LogP contribution < -0.4 is 0 Å². The van der Waals surface area contributed by atoms with Crippen LogP contribution in [0.2, 0.25) is 0 Å². The fourth-order valence-corrected chi connectivity index (χ4v) is 2.73. The van der Waals surface area contributed by atoms with E-state index < -0.39 is 0 Å². The summed E-state index contributed by atoms with van der Waals surface area (Å²) in [5.41, 5.74) is 1.79. The standard InChI is InChI=1S/C17H27/c1-4-7-8-12-15-17(5-2,6-3)16-13-10-9-11-14-16/h9-11,13H,4-8,12,15H2,1-3H3. The first-order chi connectivity index (χ1) is 8.29. The van der Waals surface area contributed by atoms with E-state index in [1.165, 1.54) is 50.5 Å². The van der Waals surface area contributed by atoms with Gasteiger partial charge in [-0.3, -0.25) is 0 Å². The Morgan fingerprint density at radius 1 is 1.00 bits per heavy atom. The average molecular weight is 231 g/mol. The van der Waals surface area contributed by atoms with E-state index in [-0.39, 0.29) is 0 Å². The Kier molecular flexibility index (Phi) is 6.32. The van der Waals surface area contributed by atoms with Crippen molar-refractivity contribution in [3.8, 4) is 0 Å². The summed E-state index contributed by atoms with van der Waals surface area (Å²) in [6.45, 7) is 6.92. The SMILES string of the molecule is CCCCCCC(CC)(CC)c1[c]cccc1. The molecule has 0 amide bonds. The van der Waals surface area contributed by atoms with Gasteiger partial charge in [0.2, 0.25) is 0 Å². The van der Waals surface area contributed by atoms with Crippen LogP contribution in [0, 0.1) is 6.07 Å². The summed E-state index contributed by atoms with van der Waals surface area (Å²) < 4.78 is 0. The first-order valence-electron chi connectivity index (χ1n) is 7.26. The maximum absolute atomic E-state index is 3.45. The smallest absolute Gasteiger partial charge is 0.00461 e. The minimum Gasteiger partial charge on any atom is -0.0654 e. The monoisotopic (exact) mass is 231 g/mol. The van der Waals surface area contributed by atoms with Crippen molar-refractivity contribution in [1.29, 1.82) is 0 Å². The van der Waals surface area contributed by atoms with Crippen LogP contribution in [0.25, 0.3) is 0 Å². The van der Waals surface area contributed by atoms with Gasteiger partial charge in [0.25, 0.3) is 0 Å². The largest absolute Gasteiger partial charge is 0.0654 e. The molecule has 0 aliphatic heterocycles. The first-order valence-corrected chi connectivity index (χ1v) is 7.26. The molecular weight excluding hydrogens is 204 g/mol. The Morgan fingerprint density at radius 3 is 2.29 bits per heavy atom. The number of unbranched alkanes of at least 4 members (excludes halogenated alkanes) is 3. The topological polar surface area (TPSA) is 0 Å². The van der Waals surface area contributed by atoms with E-state index in [9.17, 15) is 0 Å². The molecule has 0 N–H and O–H groups in total. The van der Waals surface area contributed by atoms with Gasteiger partial charge < -0.3 is 0 Å². The van der Waals surface area contributed by atoms with Crippen molar-refractivity contribution in [3.63, 3.8) is 0 Å². The normalized spacial score (nSPS) is 11.7. The Labute approximate surface area is 107 Å². The first kappa shape index (κ1) is 14.3. The highest BCUT2D eigenvalue weighted by Gasteiger charge is 2.27. The minimum absolute atomic E-state index is 0.370. The van der Waals surface area contributed by atoms with Crippen molar-refractivity contribution < 1.29 is 0 Å². The third-order valence-corrected chi connectivity index (χ3v) is 4.14. The molecule has 0 saturated heterocycles. The van der Waals surface area contributed by atoms with Crippen molar-refractivity contribution in [3.05, 3.63) is 35.9 Å². The van der Waals surface area contributed by atoms with Crippen LogP contribution >= 0.6 is 0 Å². The van der Waals surface area contributed by atoms with E-state index in [0.717, 1.165) is 0 Å². The zero-order valence-electron chi connectivity index (χ0n) is 11.8. The number of hydrogen-bond acceptors (Lipinski definition) is 0. The van der Waals surface area contributed by atoms with Crippen LogP contribution in [0.15, 0.2) is 24.3 Å². The lowest BCUT2D eigenvalue weighted by Crippen LogP contribution is -2.24. The van der Waals surface area contributed by atoms with E-state index in [0.29, 0.717) is 5.41 Å². The van der Waals surface area contributed by atoms with E-state index >= 15 is 0 Å². The number of rotatable bonds is 8. The van der Waals surface area contributed by atoms with Gasteiger partial charge in [-0.1, -0.05) is 70.7 Å². The lowest BCUT2D eigenvalue weighted by Gasteiger charge is -2.32. The maximum atomic E-state index is 3.45. The third-order valence-electron chi connectivity index (χ3n) is 4.14. The molecule has 1 aromatic rings. The van der Waals surface area contributed by atoms with Gasteiger partial charge in [-0.05, 0) is 36.3 Å². The van der Waals surface area contributed by atoms with Crippen LogP contribution in [0.1, 0.15) is 71.3 Å². The molecule has 0 atom stereocenters. The van der Waals surface area contributed by atoms with Crippen LogP contribution in [-0.4, -0.2) is 0 Å². The molecule has 1 rings (SSSR count). The zero-order valence-corrected chi connectivity index (χ0v) is 11.8. The zero-order chi connectivity index (χ0) is 12.6. The van der Waals surface area contributed by atoms with E-state index in [1.54, 1.807) is 0 Å². The van der Waals surface area contributed by atoms with Crippen molar-refractivity contribution in [1.82, 2.24) is 0 Å². The van der Waals surface area contributed by atoms with Crippen LogP contribution in [0.4, 0.5) is 0 Å². The second-order valence-corrected chi connectivity index (χ2v) is 5.07. The van der Waals surface area contributed by atoms with Gasteiger partial charge >= 0.3 is 0 Å². The molecule has 0 saturated carbocycles. The van der Waals surface area contributed by atoms with E-state index in [1.807, 2.05) is 0 Å². The van der Waals surface area contributed by atoms with Crippen LogP contribution in [-0.2, 0) is 5.41 Å². The fourth-order valence-electron chi connectivity index (χ4n) is 2.73. The van der Waals surface area contributed by atoms with Gasteiger partial charge in [0.1, 0.15) is 0 Å². The molecular formula is C17H27. The molecule has 0 heteroatoms. The molecule has 0 spiro atoms. The molecule has 0 unspecified atom stereocenters. The molecule has 0 heterocycles. The molecule has 0 nitrogen and oxygen atoms in total. The molecule has 95 valence electrons. The highest BCUT2D eigenvalue weighted by Crippen LogP contribution is 2.36. The van der Waals surface area contributed by atoms with Gasteiger partial charge in [0.15, 0.2) is 0 Å². The van der Waals surface area contributed by atoms with Gasteiger partial charge in [-0.15, -0.1) is 0 Å². The van der Waals surface area contributed by atoms with Gasteiger partial charge in [0, 0.05) is 0 Å². The lowest BCUT2D eigenvalue weighted by molar-refractivity contribution is 0.348. The molecule has 17 heavy (non-hydrogen) atoms. The summed E-state index contributed by atoms with van der Waals surface area (Å²) in [4.78, 5) is 0. The predicted octanol–water partition coefficient (Wildman–Crippen LogP) is 5.51. The second kappa shape index (κ2) is 7.53. The molecule has 1 aromatic carbocycles. The highest BCUT2D eigenvalue weighted by atomic mass is 14.3. The lowest BCUT2D eigenvalue weighted by atomic mass is 9.72. The van der Waals surface area contributed by atoms with Gasteiger partial charge in [-0.25, -0.2) is 0 Å². The van der Waals surface area contributed by atoms with E-state index in [2.05, 4.69) is 51.1 Å². The van der Waals surface area contributed by atoms with Gasteiger partial charge in [-0.2, -0.15) is 0 Å². The Hall–Kier alpha value is -0.780. The maximum Gasteiger partial charge on any atom is -0.00461 e. The van der Waals surface area contributed by atoms with Crippen molar-refractivity contribution in [2.45, 2.75) is 71.1 Å².